The van der Waals surface area contributed by atoms with Crippen LogP contribution in [0.2, 0.25) is 0 Å². The van der Waals surface area contributed by atoms with E-state index in [4.69, 9.17) is 9.26 Å². The summed E-state index contributed by atoms with van der Waals surface area (Å²) in [6.07, 6.45) is 17.4. The molecule has 0 fully saturated rings. The molecule has 0 rings (SSSR count). The van der Waals surface area contributed by atoms with Crippen LogP contribution in [0.1, 0.15) is 130 Å². The number of hydrogen-bond donors (Lipinski definition) is 1. The second kappa shape index (κ2) is 22.5. The normalized spacial score (nSPS) is 15.3. The zero-order chi connectivity index (χ0) is 30.4. The van der Waals surface area contributed by atoms with E-state index in [9.17, 15) is 24.2 Å². The minimum atomic E-state index is -3.40. The van der Waals surface area contributed by atoms with E-state index < -0.39 is 38.4 Å². The third-order valence-corrected chi connectivity index (χ3v) is 7.74. The van der Waals surface area contributed by atoms with Gasteiger partial charge in [-0.3, -0.25) is 4.79 Å². The topological polar surface area (TPSA) is 128 Å². The van der Waals surface area contributed by atoms with Gasteiger partial charge in [-0.1, -0.05) is 96.8 Å². The first-order valence-electron chi connectivity index (χ1n) is 15.6. The number of amides is 1. The number of likely N-dealkylation sites (N-methyl/N-ethyl adjacent to an activating group) is 1. The quantitative estimate of drug-likeness (QED) is 0.0829. The van der Waals surface area contributed by atoms with Gasteiger partial charge in [0.2, 0.25) is 5.91 Å². The number of carbonyl (C=O) groups is 2. The molecule has 236 valence electrons. The number of carboxylic acid groups (broad SMARTS) is 1. The Kier molecular flexibility index (Phi) is 21.8. The lowest BCUT2D eigenvalue weighted by Crippen LogP contribution is -2.66. The van der Waals surface area contributed by atoms with Crippen LogP contribution in [0.4, 0.5) is 0 Å². The number of ether oxygens (including phenoxy) is 1. The molecule has 0 saturated carbocycles. The van der Waals surface area contributed by atoms with Gasteiger partial charge in [-0.2, -0.15) is 0 Å². The van der Waals surface area contributed by atoms with Crippen LogP contribution in [-0.4, -0.2) is 68.4 Å². The summed E-state index contributed by atoms with van der Waals surface area (Å²) < 4.78 is 22.9. The highest BCUT2D eigenvalue weighted by molar-refractivity contribution is 7.30. The summed E-state index contributed by atoms with van der Waals surface area (Å²) in [7, 11) is 1.99. The van der Waals surface area contributed by atoms with Crippen molar-refractivity contribution < 1.29 is 37.9 Å². The van der Waals surface area contributed by atoms with Gasteiger partial charge in [0, 0.05) is 25.4 Å². The van der Waals surface area contributed by atoms with Crippen LogP contribution in [-0.2, 0) is 23.4 Å². The van der Waals surface area contributed by atoms with Gasteiger partial charge in [0.15, 0.2) is 5.60 Å². The summed E-state index contributed by atoms with van der Waals surface area (Å²) in [5, 5.41) is 14.6. The number of nitrogens with one attached hydrogen (secondary N) is 1. The maximum Gasteiger partial charge on any atom is 0.489 e. The van der Waals surface area contributed by atoms with Crippen LogP contribution < -0.4 is 15.3 Å². The Balaban J connectivity index is 4.71. The van der Waals surface area contributed by atoms with Gasteiger partial charge in [0.25, 0.3) is 0 Å². The predicted molar refractivity (Wildman–Crippen MR) is 157 cm³/mol. The largest absolute Gasteiger partial charge is 0.566 e. The van der Waals surface area contributed by atoms with E-state index in [1.54, 1.807) is 35.0 Å². The van der Waals surface area contributed by atoms with E-state index in [0.29, 0.717) is 13.0 Å². The fourth-order valence-corrected chi connectivity index (χ4v) is 6.05. The van der Waals surface area contributed by atoms with Crippen molar-refractivity contribution in [1.82, 2.24) is 5.32 Å². The number of carbonyl (C=O) groups excluding carboxylic acids is 2. The lowest BCUT2D eigenvalue weighted by Gasteiger charge is -2.43. The van der Waals surface area contributed by atoms with Crippen molar-refractivity contribution in [3.63, 3.8) is 0 Å². The molecule has 0 aromatic heterocycles. The summed E-state index contributed by atoms with van der Waals surface area (Å²) in [6, 6.07) is -1.00. The molecule has 0 aliphatic carbocycles. The minimum absolute atomic E-state index is 0.00557. The Labute approximate surface area is 245 Å². The molecule has 9 nitrogen and oxygen atoms in total. The monoisotopic (exact) mass is 590 g/mol. The molecule has 4 atom stereocenters. The van der Waals surface area contributed by atoms with Crippen LogP contribution in [0.15, 0.2) is 0 Å². The summed E-state index contributed by atoms with van der Waals surface area (Å²) >= 11 is 0. The Morgan fingerprint density at radius 2 is 1.30 bits per heavy atom. The van der Waals surface area contributed by atoms with Crippen molar-refractivity contribution in [1.29, 1.82) is 0 Å². The van der Waals surface area contributed by atoms with Crippen molar-refractivity contribution >= 4 is 20.1 Å². The maximum atomic E-state index is 12.9. The number of carboxylic acids is 1. The Hall–Kier alpha value is -1.12. The van der Waals surface area contributed by atoms with Crippen LogP contribution >= 0.6 is 8.25 Å². The molecule has 10 heteroatoms. The second-order valence-electron chi connectivity index (χ2n) is 12.3. The van der Waals surface area contributed by atoms with Gasteiger partial charge < -0.3 is 29.3 Å². The van der Waals surface area contributed by atoms with Gasteiger partial charge in [0.1, 0.15) is 6.54 Å². The maximum absolute atomic E-state index is 12.9. The number of quaternary nitrogens is 1. The number of hydrogen-bond acceptors (Lipinski definition) is 7. The number of rotatable bonds is 27. The Morgan fingerprint density at radius 3 is 1.68 bits per heavy atom. The lowest BCUT2D eigenvalue weighted by atomic mass is 9.85. The van der Waals surface area contributed by atoms with E-state index >= 15 is 0 Å². The van der Waals surface area contributed by atoms with Crippen molar-refractivity contribution in [3.05, 3.63) is 0 Å². The molecule has 1 amide bonds. The van der Waals surface area contributed by atoms with Crippen molar-refractivity contribution in [2.45, 2.75) is 148 Å². The number of aliphatic carboxylic acids is 1. The second-order valence-corrected chi connectivity index (χ2v) is 12.9. The van der Waals surface area contributed by atoms with Crippen LogP contribution in [0, 0.1) is 0 Å². The molecule has 0 heterocycles. The molecule has 0 aromatic rings. The highest BCUT2D eigenvalue weighted by Crippen LogP contribution is 2.34. The molecule has 1 N–H and O–H groups in total. The molecular weight excluding hydrogens is 531 g/mol. The Bertz CT molecular complexity index is 684. The first-order chi connectivity index (χ1) is 18.9. The molecule has 0 aliphatic heterocycles. The third-order valence-electron chi connectivity index (χ3n) is 7.23. The Morgan fingerprint density at radius 1 is 0.850 bits per heavy atom. The SMILES string of the molecule is CCCCCCCCCCCCCCCCCC(=O)NC(C(C)OCC)C(CC(=O)[O-])(C[N+](C)(C)C)O[P+](=O)[O-]. The third kappa shape index (κ3) is 19.9. The number of unbranched alkanes of at least 4 members (excludes halogenated alkanes) is 14. The zero-order valence-corrected chi connectivity index (χ0v) is 27.2. The molecule has 0 saturated heterocycles. The average Bonchev–Trinajstić information content (AvgIpc) is 2.83. The average molecular weight is 591 g/mol. The fourth-order valence-electron chi connectivity index (χ4n) is 5.52. The first-order valence-corrected chi connectivity index (χ1v) is 16.7. The molecular formula is C30H59N2O7P. The highest BCUT2D eigenvalue weighted by atomic mass is 31.1. The van der Waals surface area contributed by atoms with Crippen molar-refractivity contribution in [2.24, 2.45) is 0 Å². The lowest BCUT2D eigenvalue weighted by molar-refractivity contribution is -0.877. The standard InChI is InChI=1S/C30H59N2O7P/c1-7-9-10-11-12-13-14-15-16-17-18-19-20-21-22-23-27(33)31-29(26(3)38-8-2)30(24-28(34)35,39-40(36)37)25-32(4,5)6/h26,29H,7-25H2,1-6H3,(H-,31,33,34,35). The predicted octanol–water partition coefficient (Wildman–Crippen LogP) is 4.78. The summed E-state index contributed by atoms with van der Waals surface area (Å²) in [5.41, 5.74) is -1.76. The minimum Gasteiger partial charge on any atom is -0.566 e. The van der Waals surface area contributed by atoms with Gasteiger partial charge in [-0.05, 0) is 24.8 Å². The summed E-state index contributed by atoms with van der Waals surface area (Å²) in [5.74, 6) is -1.74. The fraction of sp³-hybridized carbons (Fsp3) is 0.933. The van der Waals surface area contributed by atoms with E-state index in [1.165, 1.54) is 70.6 Å². The number of nitrogens with zero attached hydrogens (tertiary/aromatic N) is 1. The van der Waals surface area contributed by atoms with E-state index in [-0.39, 0.29) is 23.4 Å². The summed E-state index contributed by atoms with van der Waals surface area (Å²) in [6.45, 7) is 6.02. The van der Waals surface area contributed by atoms with E-state index in [2.05, 4.69) is 12.2 Å². The molecule has 0 radical (unpaired) electrons. The van der Waals surface area contributed by atoms with Gasteiger partial charge >= 0.3 is 8.25 Å². The van der Waals surface area contributed by atoms with Gasteiger partial charge in [-0.15, -0.1) is 4.52 Å². The molecule has 0 bridgehead atoms. The molecule has 0 aromatic carbocycles. The van der Waals surface area contributed by atoms with Crippen molar-refractivity contribution in [2.75, 3.05) is 34.3 Å². The van der Waals surface area contributed by atoms with E-state index in [1.807, 2.05) is 0 Å². The van der Waals surface area contributed by atoms with Gasteiger partial charge in [0.05, 0.1) is 33.3 Å². The van der Waals surface area contributed by atoms with Crippen LogP contribution in [0.25, 0.3) is 0 Å². The highest BCUT2D eigenvalue weighted by Gasteiger charge is 2.52. The van der Waals surface area contributed by atoms with E-state index in [0.717, 1.165) is 19.3 Å². The van der Waals surface area contributed by atoms with Crippen LogP contribution in [0.3, 0.4) is 0 Å². The van der Waals surface area contributed by atoms with Gasteiger partial charge in [-0.25, -0.2) is 0 Å². The zero-order valence-electron chi connectivity index (χ0n) is 26.3. The van der Waals surface area contributed by atoms with Crippen LogP contribution in [0.5, 0.6) is 0 Å². The molecule has 4 unspecified atom stereocenters. The molecule has 40 heavy (non-hydrogen) atoms. The van der Waals surface area contributed by atoms with Crippen molar-refractivity contribution in [3.8, 4) is 0 Å². The molecule has 0 spiro atoms. The smallest absolute Gasteiger partial charge is 0.489 e. The first kappa shape index (κ1) is 38.9. The summed E-state index contributed by atoms with van der Waals surface area (Å²) in [4.78, 5) is 36.4. The molecule has 0 aliphatic rings.